The molecule has 25 heavy (non-hydrogen) atoms. The number of ether oxygens (including phenoxy) is 2. The van der Waals surface area contributed by atoms with Crippen LogP contribution in [0.2, 0.25) is 0 Å². The summed E-state index contributed by atoms with van der Waals surface area (Å²) in [4.78, 5) is 14.2. The molecule has 0 bridgehead atoms. The smallest absolute Gasteiger partial charge is 0.277 e. The van der Waals surface area contributed by atoms with Gasteiger partial charge in [-0.15, -0.1) is 10.2 Å². The normalized spacial score (nSPS) is 15.8. The van der Waals surface area contributed by atoms with Crippen molar-refractivity contribution in [2.45, 2.75) is 30.9 Å². The van der Waals surface area contributed by atoms with Gasteiger partial charge in [-0.3, -0.25) is 4.79 Å². The van der Waals surface area contributed by atoms with Gasteiger partial charge in [0.2, 0.25) is 5.91 Å². The van der Waals surface area contributed by atoms with Crippen LogP contribution in [0.5, 0.6) is 5.75 Å². The van der Waals surface area contributed by atoms with Gasteiger partial charge in [0.1, 0.15) is 5.75 Å². The zero-order valence-electron chi connectivity index (χ0n) is 14.3. The van der Waals surface area contributed by atoms with Crippen LogP contribution in [-0.2, 0) is 16.1 Å². The third kappa shape index (κ3) is 4.96. The Morgan fingerprint density at radius 2 is 2.16 bits per heavy atom. The van der Waals surface area contributed by atoms with Gasteiger partial charge in [0.05, 0.1) is 18.5 Å². The highest BCUT2D eigenvalue weighted by atomic mass is 32.2. The van der Waals surface area contributed by atoms with Crippen LogP contribution in [0, 0.1) is 6.92 Å². The molecule has 1 fully saturated rings. The van der Waals surface area contributed by atoms with Crippen molar-refractivity contribution in [2.75, 3.05) is 26.3 Å². The maximum absolute atomic E-state index is 12.4. The molecule has 0 spiro atoms. The topological polar surface area (TPSA) is 77.7 Å². The summed E-state index contributed by atoms with van der Waals surface area (Å²) in [5, 5.41) is 8.04. The van der Waals surface area contributed by atoms with Crippen molar-refractivity contribution >= 4 is 17.7 Å². The second-order valence-corrected chi connectivity index (χ2v) is 7.06. The number of hydrogen-bond donors (Lipinski definition) is 0. The number of benzene rings is 1. The molecule has 7 nitrogen and oxygen atoms in total. The van der Waals surface area contributed by atoms with E-state index < -0.39 is 0 Å². The minimum absolute atomic E-state index is 0.0593. The first-order chi connectivity index (χ1) is 12.1. The Morgan fingerprint density at radius 3 is 2.92 bits per heavy atom. The van der Waals surface area contributed by atoms with Crippen LogP contribution in [0.1, 0.15) is 18.4 Å². The van der Waals surface area contributed by atoms with E-state index >= 15 is 0 Å². The lowest BCUT2D eigenvalue weighted by atomic mass is 10.2. The van der Waals surface area contributed by atoms with Gasteiger partial charge < -0.3 is 18.8 Å². The molecule has 0 unspecified atom stereocenters. The molecular weight excluding hydrogens is 342 g/mol. The van der Waals surface area contributed by atoms with Crippen LogP contribution >= 0.6 is 11.8 Å². The second kappa shape index (κ2) is 8.35. The summed E-state index contributed by atoms with van der Waals surface area (Å²) in [7, 11) is 0. The molecule has 1 aromatic carbocycles. The van der Waals surface area contributed by atoms with Crippen molar-refractivity contribution in [3.63, 3.8) is 0 Å². The standard InChI is InChI=1S/C17H21N3O4S/c1-12-4-3-5-14(10-12)23-11-15-18-19-17(24-15)25-13(2)16(21)20-6-8-22-9-7-20/h3-5,10,13H,6-9,11H2,1-2H3/t13-/m0/s1. The summed E-state index contributed by atoms with van der Waals surface area (Å²) < 4.78 is 16.5. The maximum atomic E-state index is 12.4. The van der Waals surface area contributed by atoms with Crippen LogP contribution in [0.25, 0.3) is 0 Å². The Hall–Kier alpha value is -2.06. The molecule has 134 valence electrons. The van der Waals surface area contributed by atoms with Crippen molar-refractivity contribution in [2.24, 2.45) is 0 Å². The first kappa shape index (κ1) is 17.8. The molecule has 0 saturated carbocycles. The van der Waals surface area contributed by atoms with E-state index in [0.717, 1.165) is 11.3 Å². The largest absolute Gasteiger partial charge is 0.484 e. The zero-order chi connectivity index (χ0) is 17.6. The Bertz CT molecular complexity index is 715. The summed E-state index contributed by atoms with van der Waals surface area (Å²) in [6.07, 6.45) is 0. The van der Waals surface area contributed by atoms with Gasteiger partial charge in [-0.05, 0) is 31.5 Å². The highest BCUT2D eigenvalue weighted by molar-refractivity contribution is 8.00. The quantitative estimate of drug-likeness (QED) is 0.729. The molecule has 1 aliphatic rings. The SMILES string of the molecule is Cc1cccc(OCc2nnc(S[C@@H](C)C(=O)N3CCOCC3)o2)c1. The van der Waals surface area contributed by atoms with Crippen molar-refractivity contribution in [1.29, 1.82) is 0 Å². The van der Waals surface area contributed by atoms with Gasteiger partial charge in [-0.25, -0.2) is 0 Å². The average molecular weight is 363 g/mol. The third-order valence-corrected chi connectivity index (χ3v) is 4.67. The fourth-order valence-corrected chi connectivity index (χ4v) is 3.22. The van der Waals surface area contributed by atoms with Crippen LogP contribution in [-0.4, -0.2) is 52.6 Å². The first-order valence-electron chi connectivity index (χ1n) is 8.17. The van der Waals surface area contributed by atoms with Gasteiger partial charge in [-0.2, -0.15) is 0 Å². The van der Waals surface area contributed by atoms with E-state index in [9.17, 15) is 4.79 Å². The molecule has 8 heteroatoms. The predicted octanol–water partition coefficient (Wildman–Crippen LogP) is 2.30. The van der Waals surface area contributed by atoms with Crippen molar-refractivity contribution in [1.82, 2.24) is 15.1 Å². The van der Waals surface area contributed by atoms with Crippen LogP contribution in [0.15, 0.2) is 33.9 Å². The molecule has 0 aliphatic carbocycles. The lowest BCUT2D eigenvalue weighted by Gasteiger charge is -2.28. The lowest BCUT2D eigenvalue weighted by Crippen LogP contribution is -2.44. The highest BCUT2D eigenvalue weighted by Gasteiger charge is 2.25. The number of amides is 1. The van der Waals surface area contributed by atoms with E-state index in [2.05, 4.69) is 10.2 Å². The maximum Gasteiger partial charge on any atom is 0.277 e. The van der Waals surface area contributed by atoms with E-state index in [1.165, 1.54) is 11.8 Å². The van der Waals surface area contributed by atoms with Crippen molar-refractivity contribution < 1.29 is 18.7 Å². The van der Waals surface area contributed by atoms with Crippen molar-refractivity contribution in [3.05, 3.63) is 35.7 Å². The van der Waals surface area contributed by atoms with Crippen LogP contribution in [0.3, 0.4) is 0 Å². The van der Waals surface area contributed by atoms with Gasteiger partial charge in [0.25, 0.3) is 11.1 Å². The molecule has 3 rings (SSSR count). The molecule has 0 N–H and O–H groups in total. The Kier molecular flexibility index (Phi) is 5.93. The lowest BCUT2D eigenvalue weighted by molar-refractivity contribution is -0.134. The van der Waals surface area contributed by atoms with E-state index in [-0.39, 0.29) is 17.8 Å². The van der Waals surface area contributed by atoms with Gasteiger partial charge >= 0.3 is 0 Å². The summed E-state index contributed by atoms with van der Waals surface area (Å²) in [5.74, 6) is 1.20. The fourth-order valence-electron chi connectivity index (χ4n) is 2.44. The van der Waals surface area contributed by atoms with E-state index in [1.54, 1.807) is 4.90 Å². The number of nitrogens with zero attached hydrogens (tertiary/aromatic N) is 3. The third-order valence-electron chi connectivity index (χ3n) is 3.75. The zero-order valence-corrected chi connectivity index (χ0v) is 15.1. The predicted molar refractivity (Wildman–Crippen MR) is 92.5 cm³/mol. The van der Waals surface area contributed by atoms with Gasteiger partial charge in [0.15, 0.2) is 6.61 Å². The first-order valence-corrected chi connectivity index (χ1v) is 9.05. The number of aryl methyl sites for hydroxylation is 1. The van der Waals surface area contributed by atoms with E-state index in [1.807, 2.05) is 38.1 Å². The van der Waals surface area contributed by atoms with Crippen LogP contribution in [0.4, 0.5) is 0 Å². The second-order valence-electron chi connectivity index (χ2n) is 5.76. The number of hydrogen-bond acceptors (Lipinski definition) is 7. The number of carbonyl (C=O) groups is 1. The van der Waals surface area contributed by atoms with E-state index in [0.29, 0.717) is 37.4 Å². The number of rotatable bonds is 6. The number of morpholine rings is 1. The van der Waals surface area contributed by atoms with Crippen LogP contribution < -0.4 is 4.74 Å². The van der Waals surface area contributed by atoms with Crippen molar-refractivity contribution in [3.8, 4) is 5.75 Å². The Labute approximate surface area is 150 Å². The molecule has 2 aromatic rings. The molecule has 0 radical (unpaired) electrons. The summed E-state index contributed by atoms with van der Waals surface area (Å²) in [6, 6.07) is 7.75. The summed E-state index contributed by atoms with van der Waals surface area (Å²) >= 11 is 1.26. The molecule has 2 heterocycles. The Balaban J connectivity index is 1.51. The molecule has 1 aromatic heterocycles. The molecule has 1 aliphatic heterocycles. The van der Waals surface area contributed by atoms with Gasteiger partial charge in [-0.1, -0.05) is 23.9 Å². The highest BCUT2D eigenvalue weighted by Crippen LogP contribution is 2.24. The Morgan fingerprint density at radius 1 is 1.36 bits per heavy atom. The fraction of sp³-hybridized carbons (Fsp3) is 0.471. The summed E-state index contributed by atoms with van der Waals surface area (Å²) in [5.41, 5.74) is 1.12. The minimum Gasteiger partial charge on any atom is -0.484 e. The number of thioether (sulfide) groups is 1. The monoisotopic (exact) mass is 363 g/mol. The van der Waals surface area contributed by atoms with Gasteiger partial charge in [0, 0.05) is 13.1 Å². The molecule has 1 amide bonds. The molecule has 1 atom stereocenters. The number of aromatic nitrogens is 2. The summed E-state index contributed by atoms with van der Waals surface area (Å²) in [6.45, 7) is 6.47. The number of carbonyl (C=O) groups excluding carboxylic acids is 1. The molecule has 1 saturated heterocycles. The molecular formula is C17H21N3O4S. The van der Waals surface area contributed by atoms with E-state index in [4.69, 9.17) is 13.9 Å². The minimum atomic E-state index is -0.288. The average Bonchev–Trinajstić information content (AvgIpc) is 3.07.